The van der Waals surface area contributed by atoms with Crippen molar-refractivity contribution in [3.05, 3.63) is 64.4 Å². The Balaban J connectivity index is 1.70. The van der Waals surface area contributed by atoms with E-state index in [-0.39, 0.29) is 29.8 Å². The summed E-state index contributed by atoms with van der Waals surface area (Å²) in [4.78, 5) is 29.0. The summed E-state index contributed by atoms with van der Waals surface area (Å²) in [5.74, 6) is 0.426. The SMILES string of the molecule is Cc1ccc(-c2noc(CCC(=O)Nc3ccccc3)n2)c(=O)n1C(C)C. The predicted octanol–water partition coefficient (Wildman–Crippen LogP) is 3.36. The van der Waals surface area contributed by atoms with Crippen LogP contribution in [0.4, 0.5) is 5.69 Å². The van der Waals surface area contributed by atoms with Crippen molar-refractivity contribution < 1.29 is 9.32 Å². The number of benzene rings is 1. The number of carbonyl (C=O) groups excluding carboxylic acids is 1. The molecule has 0 aliphatic carbocycles. The van der Waals surface area contributed by atoms with Crippen LogP contribution in [0.2, 0.25) is 0 Å². The lowest BCUT2D eigenvalue weighted by Gasteiger charge is -2.14. The number of nitrogens with one attached hydrogen (secondary N) is 1. The fourth-order valence-electron chi connectivity index (χ4n) is 2.89. The third-order valence-electron chi connectivity index (χ3n) is 4.17. The third-order valence-corrected chi connectivity index (χ3v) is 4.17. The summed E-state index contributed by atoms with van der Waals surface area (Å²) >= 11 is 0. The van der Waals surface area contributed by atoms with Crippen LogP contribution in [0.1, 0.15) is 37.9 Å². The van der Waals surface area contributed by atoms with Crippen molar-refractivity contribution in [2.24, 2.45) is 0 Å². The highest BCUT2D eigenvalue weighted by Gasteiger charge is 2.16. The Bertz CT molecular complexity index is 990. The second-order valence-electron chi connectivity index (χ2n) is 6.58. The van der Waals surface area contributed by atoms with E-state index in [9.17, 15) is 9.59 Å². The number of aromatic nitrogens is 3. The molecule has 1 aromatic carbocycles. The van der Waals surface area contributed by atoms with E-state index in [2.05, 4.69) is 15.5 Å². The molecule has 0 bridgehead atoms. The smallest absolute Gasteiger partial charge is 0.262 e. The number of pyridine rings is 1. The molecule has 0 saturated carbocycles. The molecule has 0 spiro atoms. The van der Waals surface area contributed by atoms with Crippen LogP contribution in [-0.4, -0.2) is 20.6 Å². The Kier molecular flexibility index (Phi) is 5.49. The van der Waals surface area contributed by atoms with Crippen molar-refractivity contribution >= 4 is 11.6 Å². The van der Waals surface area contributed by atoms with Gasteiger partial charge in [0.25, 0.3) is 5.56 Å². The van der Waals surface area contributed by atoms with Gasteiger partial charge >= 0.3 is 0 Å². The van der Waals surface area contributed by atoms with Crippen LogP contribution in [0.3, 0.4) is 0 Å². The number of anilines is 1. The molecule has 7 heteroatoms. The Morgan fingerprint density at radius 3 is 2.63 bits per heavy atom. The summed E-state index contributed by atoms with van der Waals surface area (Å²) in [7, 11) is 0. The zero-order valence-corrected chi connectivity index (χ0v) is 15.6. The first-order chi connectivity index (χ1) is 13.0. The molecule has 1 amide bonds. The largest absolute Gasteiger partial charge is 0.339 e. The van der Waals surface area contributed by atoms with Crippen LogP contribution < -0.4 is 10.9 Å². The molecule has 0 atom stereocenters. The summed E-state index contributed by atoms with van der Waals surface area (Å²) in [5, 5.41) is 6.71. The number of hydrogen-bond donors (Lipinski definition) is 1. The topological polar surface area (TPSA) is 90.0 Å². The molecule has 0 radical (unpaired) electrons. The van der Waals surface area contributed by atoms with E-state index in [0.717, 1.165) is 11.4 Å². The zero-order chi connectivity index (χ0) is 19.4. The lowest BCUT2D eigenvalue weighted by Crippen LogP contribution is -2.25. The summed E-state index contributed by atoms with van der Waals surface area (Å²) in [6, 6.07) is 12.8. The van der Waals surface area contributed by atoms with E-state index in [1.807, 2.05) is 57.2 Å². The number of rotatable bonds is 6. The summed E-state index contributed by atoms with van der Waals surface area (Å²) in [5.41, 5.74) is 1.85. The van der Waals surface area contributed by atoms with Crippen LogP contribution in [0, 0.1) is 6.92 Å². The summed E-state index contributed by atoms with van der Waals surface area (Å²) in [6.45, 7) is 5.79. The van der Waals surface area contributed by atoms with Crippen LogP contribution in [0.25, 0.3) is 11.4 Å². The normalized spacial score (nSPS) is 11.0. The quantitative estimate of drug-likeness (QED) is 0.722. The molecule has 7 nitrogen and oxygen atoms in total. The van der Waals surface area contributed by atoms with Gasteiger partial charge in [-0.1, -0.05) is 23.4 Å². The van der Waals surface area contributed by atoms with Gasteiger partial charge in [-0.2, -0.15) is 4.98 Å². The van der Waals surface area contributed by atoms with E-state index in [4.69, 9.17) is 4.52 Å². The molecule has 0 unspecified atom stereocenters. The van der Waals surface area contributed by atoms with Crippen LogP contribution in [0.5, 0.6) is 0 Å². The Hall–Kier alpha value is -3.22. The van der Waals surface area contributed by atoms with Gasteiger partial charge in [-0.25, -0.2) is 0 Å². The maximum absolute atomic E-state index is 12.7. The first-order valence-corrected chi connectivity index (χ1v) is 8.85. The molecule has 3 aromatic rings. The zero-order valence-electron chi connectivity index (χ0n) is 15.6. The van der Waals surface area contributed by atoms with E-state index >= 15 is 0 Å². The van der Waals surface area contributed by atoms with Crippen LogP contribution in [-0.2, 0) is 11.2 Å². The Morgan fingerprint density at radius 1 is 1.19 bits per heavy atom. The maximum atomic E-state index is 12.7. The molecule has 1 N–H and O–H groups in total. The molecule has 2 heterocycles. The highest BCUT2D eigenvalue weighted by atomic mass is 16.5. The monoisotopic (exact) mass is 366 g/mol. The van der Waals surface area contributed by atoms with Gasteiger partial charge in [0.1, 0.15) is 0 Å². The first-order valence-electron chi connectivity index (χ1n) is 8.85. The van der Waals surface area contributed by atoms with Crippen molar-refractivity contribution in [3.63, 3.8) is 0 Å². The number of aryl methyl sites for hydroxylation is 2. The molecule has 3 rings (SSSR count). The van der Waals surface area contributed by atoms with E-state index < -0.39 is 0 Å². The number of amides is 1. The highest BCUT2D eigenvalue weighted by molar-refractivity contribution is 5.90. The Morgan fingerprint density at radius 2 is 1.93 bits per heavy atom. The van der Waals surface area contributed by atoms with Gasteiger partial charge in [-0.15, -0.1) is 0 Å². The van der Waals surface area contributed by atoms with Gasteiger partial charge in [0.15, 0.2) is 0 Å². The maximum Gasteiger partial charge on any atom is 0.262 e. The predicted molar refractivity (Wildman–Crippen MR) is 103 cm³/mol. The van der Waals surface area contributed by atoms with Gasteiger partial charge in [-0.05, 0) is 45.0 Å². The molecular formula is C20H22N4O3. The summed E-state index contributed by atoms with van der Waals surface area (Å²) < 4.78 is 6.91. The molecular weight excluding hydrogens is 344 g/mol. The van der Waals surface area contributed by atoms with Gasteiger partial charge < -0.3 is 14.4 Å². The van der Waals surface area contributed by atoms with Gasteiger partial charge in [-0.3, -0.25) is 9.59 Å². The van der Waals surface area contributed by atoms with Gasteiger partial charge in [0.2, 0.25) is 17.6 Å². The van der Waals surface area contributed by atoms with Crippen molar-refractivity contribution in [3.8, 4) is 11.4 Å². The number of para-hydroxylation sites is 1. The minimum absolute atomic E-state index is 0.0329. The van der Waals surface area contributed by atoms with Crippen molar-refractivity contribution in [1.82, 2.24) is 14.7 Å². The first kappa shape index (κ1) is 18.6. The fourth-order valence-corrected chi connectivity index (χ4v) is 2.89. The van der Waals surface area contributed by atoms with Gasteiger partial charge in [0, 0.05) is 30.3 Å². The number of hydrogen-bond acceptors (Lipinski definition) is 5. The van der Waals surface area contributed by atoms with Crippen molar-refractivity contribution in [1.29, 1.82) is 0 Å². The Labute approximate surface area is 157 Å². The second-order valence-corrected chi connectivity index (χ2v) is 6.58. The molecule has 27 heavy (non-hydrogen) atoms. The lowest BCUT2D eigenvalue weighted by atomic mass is 10.2. The number of carbonyl (C=O) groups is 1. The second kappa shape index (κ2) is 7.99. The fraction of sp³-hybridized carbons (Fsp3) is 0.300. The average molecular weight is 366 g/mol. The van der Waals surface area contributed by atoms with Crippen LogP contribution in [0.15, 0.2) is 51.8 Å². The van der Waals surface area contributed by atoms with Crippen LogP contribution >= 0.6 is 0 Å². The number of nitrogens with zero attached hydrogens (tertiary/aromatic N) is 3. The minimum Gasteiger partial charge on any atom is -0.339 e. The van der Waals surface area contributed by atoms with E-state index in [1.165, 1.54) is 0 Å². The van der Waals surface area contributed by atoms with E-state index in [0.29, 0.717) is 17.9 Å². The molecule has 140 valence electrons. The van der Waals surface area contributed by atoms with E-state index in [1.54, 1.807) is 10.6 Å². The molecule has 0 fully saturated rings. The minimum atomic E-state index is -0.154. The molecule has 0 saturated heterocycles. The third kappa shape index (κ3) is 4.31. The highest BCUT2D eigenvalue weighted by Crippen LogP contribution is 2.15. The van der Waals surface area contributed by atoms with Crippen molar-refractivity contribution in [2.75, 3.05) is 5.32 Å². The van der Waals surface area contributed by atoms with Gasteiger partial charge in [0.05, 0.1) is 5.56 Å². The summed E-state index contributed by atoms with van der Waals surface area (Å²) in [6.07, 6.45) is 0.510. The lowest BCUT2D eigenvalue weighted by molar-refractivity contribution is -0.116. The molecule has 0 aliphatic rings. The molecule has 2 aromatic heterocycles. The standard InChI is InChI=1S/C20H22N4O3/c1-13(2)24-14(3)9-10-16(20(24)26)19-22-18(27-23-19)12-11-17(25)21-15-7-5-4-6-8-15/h4-10,13H,11-12H2,1-3H3,(H,21,25). The van der Waals surface area contributed by atoms with Crippen molar-refractivity contribution in [2.45, 2.75) is 39.7 Å². The average Bonchev–Trinajstić information content (AvgIpc) is 3.09. The molecule has 0 aliphatic heterocycles.